The Morgan fingerprint density at radius 1 is 1.03 bits per heavy atom. The van der Waals surface area contributed by atoms with Crippen LogP contribution < -0.4 is 10.1 Å². The SMILES string of the molecule is CCC1(C(=O)N[C@@H](C)[C@H](O)CN(CC(C)C)Sc2ccc(OC)cc2)CCCCC1.Cc1ccccc1. The zero-order valence-electron chi connectivity index (χ0n) is 23.7. The van der Waals surface area contributed by atoms with Crippen LogP contribution in [0.3, 0.4) is 0 Å². The van der Waals surface area contributed by atoms with Crippen LogP contribution >= 0.6 is 11.9 Å². The minimum Gasteiger partial charge on any atom is -0.497 e. The highest BCUT2D eigenvalue weighted by Gasteiger charge is 2.38. The highest BCUT2D eigenvalue weighted by molar-refractivity contribution is 7.97. The Hall–Kier alpha value is -2.02. The van der Waals surface area contributed by atoms with Gasteiger partial charge in [-0.15, -0.1) is 0 Å². The van der Waals surface area contributed by atoms with Crippen LogP contribution in [0.25, 0.3) is 0 Å². The molecule has 2 aromatic carbocycles. The molecule has 37 heavy (non-hydrogen) atoms. The Morgan fingerprint density at radius 3 is 2.14 bits per heavy atom. The summed E-state index contributed by atoms with van der Waals surface area (Å²) in [6.07, 6.45) is 5.64. The van der Waals surface area contributed by atoms with E-state index in [0.29, 0.717) is 12.5 Å². The maximum absolute atomic E-state index is 13.0. The van der Waals surface area contributed by atoms with Crippen molar-refractivity contribution < 1.29 is 14.6 Å². The third-order valence-corrected chi connectivity index (χ3v) is 8.14. The molecule has 6 heteroatoms. The molecule has 1 fully saturated rings. The van der Waals surface area contributed by atoms with Crippen LogP contribution in [-0.4, -0.2) is 47.7 Å². The van der Waals surface area contributed by atoms with Gasteiger partial charge in [0, 0.05) is 23.4 Å². The molecule has 2 N–H and O–H groups in total. The third kappa shape index (κ3) is 10.7. The van der Waals surface area contributed by atoms with Gasteiger partial charge in [0.05, 0.1) is 19.3 Å². The number of nitrogens with one attached hydrogen (secondary N) is 1. The van der Waals surface area contributed by atoms with Crippen molar-refractivity contribution in [2.24, 2.45) is 11.3 Å². The quantitative estimate of drug-likeness (QED) is 0.311. The summed E-state index contributed by atoms with van der Waals surface area (Å²) in [4.78, 5) is 14.1. The number of ether oxygens (including phenoxy) is 1. The molecule has 1 amide bonds. The molecule has 0 saturated heterocycles. The Bertz CT molecular complexity index is 898. The van der Waals surface area contributed by atoms with Crippen LogP contribution in [0.2, 0.25) is 0 Å². The van der Waals surface area contributed by atoms with E-state index in [2.05, 4.69) is 49.4 Å². The minimum absolute atomic E-state index is 0.120. The number of aliphatic hydroxyl groups excluding tert-OH is 1. The number of carbonyl (C=O) groups is 1. The van der Waals surface area contributed by atoms with Crippen LogP contribution in [0.5, 0.6) is 5.75 Å². The van der Waals surface area contributed by atoms with Crippen LogP contribution in [0, 0.1) is 18.3 Å². The number of hydrogen-bond acceptors (Lipinski definition) is 5. The number of rotatable bonds is 11. The van der Waals surface area contributed by atoms with E-state index in [0.717, 1.165) is 49.3 Å². The smallest absolute Gasteiger partial charge is 0.226 e. The molecule has 0 heterocycles. The highest BCUT2D eigenvalue weighted by atomic mass is 32.2. The molecule has 5 nitrogen and oxygen atoms in total. The highest BCUT2D eigenvalue weighted by Crippen LogP contribution is 2.39. The van der Waals surface area contributed by atoms with E-state index in [1.807, 2.05) is 49.4 Å². The fourth-order valence-electron chi connectivity index (χ4n) is 4.67. The molecule has 0 spiro atoms. The molecule has 0 bridgehead atoms. The van der Waals surface area contributed by atoms with Crippen molar-refractivity contribution in [2.75, 3.05) is 20.2 Å². The van der Waals surface area contributed by atoms with Gasteiger partial charge in [-0.3, -0.25) is 4.79 Å². The second-order valence-corrected chi connectivity index (χ2v) is 11.9. The molecule has 0 aromatic heterocycles. The molecule has 206 valence electrons. The lowest BCUT2D eigenvalue weighted by Crippen LogP contribution is -2.51. The minimum atomic E-state index is -0.629. The predicted octanol–water partition coefficient (Wildman–Crippen LogP) is 6.88. The number of hydrogen-bond donors (Lipinski definition) is 2. The molecule has 2 atom stereocenters. The van der Waals surface area contributed by atoms with E-state index in [1.165, 1.54) is 12.0 Å². The summed E-state index contributed by atoms with van der Waals surface area (Å²) < 4.78 is 7.43. The molecule has 2 aromatic rings. The summed E-state index contributed by atoms with van der Waals surface area (Å²) in [7, 11) is 1.66. The number of methoxy groups -OCH3 is 1. The van der Waals surface area contributed by atoms with Crippen molar-refractivity contribution in [1.82, 2.24) is 9.62 Å². The van der Waals surface area contributed by atoms with Crippen molar-refractivity contribution in [3.05, 3.63) is 60.2 Å². The Balaban J connectivity index is 0.000000591. The average molecular weight is 529 g/mol. The number of carbonyl (C=O) groups excluding carboxylic acids is 1. The summed E-state index contributed by atoms with van der Waals surface area (Å²) in [5.41, 5.74) is 1.07. The van der Waals surface area contributed by atoms with Crippen molar-refractivity contribution >= 4 is 17.9 Å². The van der Waals surface area contributed by atoms with Crippen molar-refractivity contribution in [3.8, 4) is 5.75 Å². The van der Waals surface area contributed by atoms with Crippen LogP contribution in [0.1, 0.15) is 71.8 Å². The second-order valence-electron chi connectivity index (χ2n) is 10.7. The average Bonchev–Trinajstić information content (AvgIpc) is 2.89. The van der Waals surface area contributed by atoms with Gasteiger partial charge in [-0.25, -0.2) is 4.31 Å². The van der Waals surface area contributed by atoms with E-state index >= 15 is 0 Å². The number of nitrogens with zero attached hydrogens (tertiary/aromatic N) is 1. The van der Waals surface area contributed by atoms with Gasteiger partial charge in [0.25, 0.3) is 0 Å². The fourth-order valence-corrected chi connectivity index (χ4v) is 5.82. The van der Waals surface area contributed by atoms with Gasteiger partial charge in [0.1, 0.15) is 5.75 Å². The first kappa shape index (κ1) is 31.2. The number of amides is 1. The van der Waals surface area contributed by atoms with Crippen LogP contribution in [-0.2, 0) is 4.79 Å². The number of benzene rings is 2. The summed E-state index contributed by atoms with van der Waals surface area (Å²) in [5.74, 6) is 1.42. The predicted molar refractivity (Wildman–Crippen MR) is 156 cm³/mol. The van der Waals surface area contributed by atoms with E-state index in [4.69, 9.17) is 4.74 Å². The fraction of sp³-hybridized carbons (Fsp3) is 0.581. The standard InChI is InChI=1S/C24H40N2O3S.C7H8/c1-6-24(14-8-7-9-15-24)23(28)25-19(4)22(27)17-26(16-18(2)3)30-21-12-10-20(29-5)11-13-21;1-7-5-3-2-4-6-7/h10-13,18-19,22,27H,6-9,14-17H2,1-5H3,(H,25,28);2-6H,1H3/t19-,22+;/m0./s1. The Morgan fingerprint density at radius 2 is 1.65 bits per heavy atom. The van der Waals surface area contributed by atoms with Gasteiger partial charge >= 0.3 is 0 Å². The maximum Gasteiger partial charge on any atom is 0.226 e. The van der Waals surface area contributed by atoms with Gasteiger partial charge in [-0.05, 0) is 75.2 Å². The summed E-state index contributed by atoms with van der Waals surface area (Å²) >= 11 is 1.64. The Kier molecular flexibility index (Phi) is 13.5. The molecule has 1 aliphatic rings. The van der Waals surface area contributed by atoms with Gasteiger partial charge in [0.2, 0.25) is 5.91 Å². The van der Waals surface area contributed by atoms with Crippen molar-refractivity contribution in [3.63, 3.8) is 0 Å². The van der Waals surface area contributed by atoms with E-state index in [-0.39, 0.29) is 17.4 Å². The second kappa shape index (κ2) is 16.1. The first-order valence-corrected chi connectivity index (χ1v) is 14.5. The zero-order valence-corrected chi connectivity index (χ0v) is 24.5. The number of aryl methyl sites for hydroxylation is 1. The summed E-state index contributed by atoms with van der Waals surface area (Å²) in [6, 6.07) is 17.9. The molecular weight excluding hydrogens is 480 g/mol. The summed E-state index contributed by atoms with van der Waals surface area (Å²) in [6.45, 7) is 11.8. The zero-order chi connectivity index (χ0) is 27.3. The Labute approximate surface area is 229 Å². The topological polar surface area (TPSA) is 61.8 Å². The van der Waals surface area contributed by atoms with Gasteiger partial charge in [-0.1, -0.05) is 75.9 Å². The molecular formula is C31H48N2O3S. The van der Waals surface area contributed by atoms with E-state index in [1.54, 1.807) is 19.1 Å². The van der Waals surface area contributed by atoms with E-state index in [9.17, 15) is 9.90 Å². The number of aliphatic hydroxyl groups is 1. The molecule has 0 unspecified atom stereocenters. The largest absolute Gasteiger partial charge is 0.497 e. The first-order chi connectivity index (χ1) is 17.7. The van der Waals surface area contributed by atoms with Crippen LogP contribution in [0.15, 0.2) is 59.5 Å². The first-order valence-electron chi connectivity index (χ1n) is 13.8. The van der Waals surface area contributed by atoms with Crippen molar-refractivity contribution in [2.45, 2.75) is 90.2 Å². The normalized spacial score (nSPS) is 16.5. The maximum atomic E-state index is 13.0. The monoisotopic (exact) mass is 528 g/mol. The molecule has 0 radical (unpaired) electrons. The van der Waals surface area contributed by atoms with Gasteiger partial charge in [0.15, 0.2) is 0 Å². The molecule has 1 aliphatic carbocycles. The lowest BCUT2D eigenvalue weighted by atomic mass is 9.71. The lowest BCUT2D eigenvalue weighted by Gasteiger charge is -2.37. The van der Waals surface area contributed by atoms with E-state index < -0.39 is 6.10 Å². The molecule has 1 saturated carbocycles. The third-order valence-electron chi connectivity index (χ3n) is 7.10. The van der Waals surface area contributed by atoms with Crippen LogP contribution in [0.4, 0.5) is 0 Å². The van der Waals surface area contributed by atoms with Gasteiger partial charge in [-0.2, -0.15) is 0 Å². The molecule has 3 rings (SSSR count). The van der Waals surface area contributed by atoms with Gasteiger partial charge < -0.3 is 15.2 Å². The molecule has 0 aliphatic heterocycles. The summed E-state index contributed by atoms with van der Waals surface area (Å²) in [5, 5.41) is 14.0. The van der Waals surface area contributed by atoms with Crippen molar-refractivity contribution in [1.29, 1.82) is 0 Å². The lowest BCUT2D eigenvalue weighted by molar-refractivity contribution is -0.134.